The number of aromatic amines is 2. The fraction of sp³-hybridized carbons (Fsp3) is 0.333. The van der Waals surface area contributed by atoms with Gasteiger partial charge in [-0.3, -0.25) is 9.69 Å². The highest BCUT2D eigenvalue weighted by Gasteiger charge is 2.40. The molecule has 1 saturated heterocycles. The van der Waals surface area contributed by atoms with Crippen molar-refractivity contribution >= 4 is 22.6 Å². The molecule has 2 heterocycles. The normalized spacial score (nSPS) is 22.7. The first-order valence-corrected chi connectivity index (χ1v) is 9.56. The minimum atomic E-state index is -1.04. The lowest BCUT2D eigenvalue weighted by atomic mass is 9.77. The van der Waals surface area contributed by atoms with Gasteiger partial charge in [0, 0.05) is 24.7 Å². The van der Waals surface area contributed by atoms with E-state index >= 15 is 0 Å². The molecule has 4 N–H and O–H groups in total. The maximum Gasteiger partial charge on any atom is 0.323 e. The third-order valence-electron chi connectivity index (χ3n) is 5.67. The van der Waals surface area contributed by atoms with Crippen molar-refractivity contribution in [2.75, 3.05) is 25.0 Å². The van der Waals surface area contributed by atoms with Crippen LogP contribution in [0.15, 0.2) is 47.3 Å². The number of H-pyrrole nitrogens is 2. The summed E-state index contributed by atoms with van der Waals surface area (Å²) in [5.74, 6) is -0.613. The molecule has 152 valence electrons. The average molecular weight is 398 g/mol. The molecule has 8 heteroatoms. The maximum atomic E-state index is 13.2. The number of hydrogen-bond acceptors (Lipinski definition) is 4. The van der Waals surface area contributed by atoms with Gasteiger partial charge in [0.15, 0.2) is 0 Å². The zero-order valence-corrected chi connectivity index (χ0v) is 16.0. The molecule has 0 spiro atoms. The van der Waals surface area contributed by atoms with Gasteiger partial charge in [-0.2, -0.15) is 0 Å². The number of anilines is 1. The van der Waals surface area contributed by atoms with Gasteiger partial charge in [0.2, 0.25) is 5.91 Å². The highest BCUT2D eigenvalue weighted by molar-refractivity contribution is 5.94. The van der Waals surface area contributed by atoms with Crippen LogP contribution in [0.1, 0.15) is 18.9 Å². The van der Waals surface area contributed by atoms with E-state index in [9.17, 15) is 19.1 Å². The van der Waals surface area contributed by atoms with Gasteiger partial charge in [0.25, 0.3) is 0 Å². The van der Waals surface area contributed by atoms with Gasteiger partial charge in [0.05, 0.1) is 23.2 Å². The second-order valence-electron chi connectivity index (χ2n) is 7.70. The minimum absolute atomic E-state index is 0.115. The summed E-state index contributed by atoms with van der Waals surface area (Å²) in [6, 6.07) is 11.1. The molecule has 29 heavy (non-hydrogen) atoms. The van der Waals surface area contributed by atoms with Gasteiger partial charge in [-0.15, -0.1) is 0 Å². The van der Waals surface area contributed by atoms with Crippen molar-refractivity contribution in [3.05, 3.63) is 64.3 Å². The van der Waals surface area contributed by atoms with Crippen LogP contribution in [-0.2, 0) is 10.4 Å². The summed E-state index contributed by atoms with van der Waals surface area (Å²) >= 11 is 0. The molecule has 0 unspecified atom stereocenters. The Morgan fingerprint density at radius 3 is 2.69 bits per heavy atom. The third-order valence-corrected chi connectivity index (χ3v) is 5.67. The molecule has 2 atom stereocenters. The number of carbonyl (C=O) groups excluding carboxylic acids is 1. The number of aliphatic hydroxyl groups is 1. The largest absolute Gasteiger partial charge is 0.385 e. The van der Waals surface area contributed by atoms with Crippen LogP contribution < -0.4 is 11.0 Å². The van der Waals surface area contributed by atoms with Crippen molar-refractivity contribution < 1.29 is 14.3 Å². The standard InChI is InChI=1S/C21H23FN4O3/c1-13-11-26(9-8-21(13,29)14-2-4-15(22)5-3-14)12-19(27)23-16-6-7-17-18(10-16)25-20(28)24-17/h2-7,10,13,29H,8-9,11-12H2,1H3,(H,23,27)(H2,24,25,28)/t13-,21+/m0/s1. The lowest BCUT2D eigenvalue weighted by Gasteiger charge is -2.43. The van der Waals surface area contributed by atoms with E-state index in [2.05, 4.69) is 15.3 Å². The lowest BCUT2D eigenvalue weighted by molar-refractivity contribution is -0.120. The molecule has 1 fully saturated rings. The Balaban J connectivity index is 1.38. The van der Waals surface area contributed by atoms with Crippen LogP contribution >= 0.6 is 0 Å². The number of nitrogens with zero attached hydrogens (tertiary/aromatic N) is 1. The van der Waals surface area contributed by atoms with Gasteiger partial charge in [-0.1, -0.05) is 19.1 Å². The van der Waals surface area contributed by atoms with E-state index < -0.39 is 5.60 Å². The molecule has 1 amide bonds. The molecule has 0 bridgehead atoms. The predicted molar refractivity (Wildman–Crippen MR) is 108 cm³/mol. The first-order valence-electron chi connectivity index (χ1n) is 9.56. The number of rotatable bonds is 4. The Bertz CT molecular complexity index is 1090. The number of imidazole rings is 1. The van der Waals surface area contributed by atoms with Gasteiger partial charge in [-0.25, -0.2) is 9.18 Å². The van der Waals surface area contributed by atoms with Crippen LogP contribution in [0.5, 0.6) is 0 Å². The molecule has 1 aliphatic heterocycles. The molecule has 4 rings (SSSR count). The zero-order chi connectivity index (χ0) is 20.6. The Morgan fingerprint density at radius 1 is 1.24 bits per heavy atom. The van der Waals surface area contributed by atoms with E-state index in [1.165, 1.54) is 12.1 Å². The first-order chi connectivity index (χ1) is 13.8. The molecule has 3 aromatic rings. The van der Waals surface area contributed by atoms with Crippen molar-refractivity contribution in [3.8, 4) is 0 Å². The van der Waals surface area contributed by atoms with Crippen LogP contribution in [0.3, 0.4) is 0 Å². The molecule has 2 aromatic carbocycles. The topological polar surface area (TPSA) is 101 Å². The van der Waals surface area contributed by atoms with Crippen molar-refractivity contribution in [3.63, 3.8) is 0 Å². The van der Waals surface area contributed by atoms with Crippen molar-refractivity contribution in [1.29, 1.82) is 0 Å². The number of carbonyl (C=O) groups is 1. The Morgan fingerprint density at radius 2 is 1.97 bits per heavy atom. The molecule has 0 aliphatic carbocycles. The summed E-state index contributed by atoms with van der Waals surface area (Å²) in [5, 5.41) is 14.0. The van der Waals surface area contributed by atoms with Gasteiger partial charge in [0.1, 0.15) is 5.82 Å². The average Bonchev–Trinajstić information content (AvgIpc) is 3.04. The number of amides is 1. The van der Waals surface area contributed by atoms with Crippen LogP contribution in [-0.4, -0.2) is 45.5 Å². The molecule has 1 aliphatic rings. The molecular formula is C21H23FN4O3. The van der Waals surface area contributed by atoms with Gasteiger partial charge in [-0.05, 0) is 42.3 Å². The quantitative estimate of drug-likeness (QED) is 0.541. The van der Waals surface area contributed by atoms with Crippen molar-refractivity contribution in [2.24, 2.45) is 5.92 Å². The molecular weight excluding hydrogens is 375 g/mol. The minimum Gasteiger partial charge on any atom is -0.385 e. The number of likely N-dealkylation sites (tertiary alicyclic amines) is 1. The smallest absolute Gasteiger partial charge is 0.323 e. The fourth-order valence-electron chi connectivity index (χ4n) is 4.03. The Hall–Kier alpha value is -2.97. The third kappa shape index (κ3) is 3.94. The van der Waals surface area contributed by atoms with E-state index in [4.69, 9.17) is 0 Å². The summed E-state index contributed by atoms with van der Waals surface area (Å²) in [6.45, 7) is 3.23. The fourth-order valence-corrected chi connectivity index (χ4v) is 4.03. The van der Waals surface area contributed by atoms with E-state index in [1.54, 1.807) is 30.3 Å². The number of nitrogens with one attached hydrogen (secondary N) is 3. The molecule has 1 aromatic heterocycles. The Kier molecular flexibility index (Phi) is 4.97. The van der Waals surface area contributed by atoms with E-state index in [1.807, 2.05) is 11.8 Å². The van der Waals surface area contributed by atoms with E-state index in [0.717, 1.165) is 0 Å². The number of piperidine rings is 1. The summed E-state index contributed by atoms with van der Waals surface area (Å²) in [7, 11) is 0. The molecule has 7 nitrogen and oxygen atoms in total. The summed E-state index contributed by atoms with van der Waals surface area (Å²) < 4.78 is 13.2. The van der Waals surface area contributed by atoms with E-state index in [0.29, 0.717) is 41.8 Å². The van der Waals surface area contributed by atoms with Gasteiger partial charge < -0.3 is 20.4 Å². The van der Waals surface area contributed by atoms with E-state index in [-0.39, 0.29) is 29.9 Å². The highest BCUT2D eigenvalue weighted by atomic mass is 19.1. The maximum absolute atomic E-state index is 13.2. The SMILES string of the molecule is C[C@H]1CN(CC(=O)Nc2ccc3[nH]c(=O)[nH]c3c2)CC[C@]1(O)c1ccc(F)cc1. The summed E-state index contributed by atoms with van der Waals surface area (Å²) in [5.41, 5.74) is 1.28. The van der Waals surface area contributed by atoms with Gasteiger partial charge >= 0.3 is 5.69 Å². The highest BCUT2D eigenvalue weighted by Crippen LogP contribution is 2.37. The second kappa shape index (κ2) is 7.46. The first kappa shape index (κ1) is 19.4. The number of benzene rings is 2. The molecule has 0 saturated carbocycles. The van der Waals surface area contributed by atoms with Crippen LogP contribution in [0.2, 0.25) is 0 Å². The van der Waals surface area contributed by atoms with Crippen LogP contribution in [0, 0.1) is 11.7 Å². The Labute approximate surface area is 166 Å². The summed E-state index contributed by atoms with van der Waals surface area (Å²) in [4.78, 5) is 31.1. The summed E-state index contributed by atoms with van der Waals surface area (Å²) in [6.07, 6.45) is 0.462. The zero-order valence-electron chi connectivity index (χ0n) is 16.0. The number of halogens is 1. The van der Waals surface area contributed by atoms with Crippen LogP contribution in [0.25, 0.3) is 11.0 Å². The number of aromatic nitrogens is 2. The van der Waals surface area contributed by atoms with Crippen molar-refractivity contribution in [1.82, 2.24) is 14.9 Å². The lowest BCUT2D eigenvalue weighted by Crippen LogP contribution is -2.50. The predicted octanol–water partition coefficient (Wildman–Crippen LogP) is 2.16. The molecule has 0 radical (unpaired) electrons. The van der Waals surface area contributed by atoms with Crippen LogP contribution in [0.4, 0.5) is 10.1 Å². The number of hydrogen-bond donors (Lipinski definition) is 4. The second-order valence-corrected chi connectivity index (χ2v) is 7.70. The van der Waals surface area contributed by atoms with Crippen molar-refractivity contribution in [2.45, 2.75) is 18.9 Å². The monoisotopic (exact) mass is 398 g/mol. The number of fused-ring (bicyclic) bond motifs is 1.